The molecular formula is C10H15BrN2O2S. The molecule has 0 saturated heterocycles. The average molecular weight is 307 g/mol. The Hall–Kier alpha value is -0.750. The first-order valence-corrected chi connectivity index (χ1v) is 7.44. The van der Waals surface area contributed by atoms with E-state index in [-0.39, 0.29) is 5.75 Å². The number of halogens is 1. The van der Waals surface area contributed by atoms with Gasteiger partial charge in [0.25, 0.3) is 0 Å². The quantitative estimate of drug-likeness (QED) is 0.821. The van der Waals surface area contributed by atoms with Gasteiger partial charge in [-0.15, -0.1) is 0 Å². The standard InChI is InChI=1S/C10H15BrN2O2S/c1-2-3-6-16(14,15)13-10-5-4-8(12)7-9(10)11/h4-5,7,13H,2-3,6,12H2,1H3. The minimum atomic E-state index is -3.25. The van der Waals surface area contributed by atoms with Gasteiger partial charge in [-0.1, -0.05) is 13.3 Å². The highest BCUT2D eigenvalue weighted by Gasteiger charge is 2.11. The molecule has 0 spiro atoms. The third-order valence-electron chi connectivity index (χ3n) is 2.03. The number of hydrogen-bond donors (Lipinski definition) is 2. The summed E-state index contributed by atoms with van der Waals surface area (Å²) < 4.78 is 26.4. The zero-order valence-corrected chi connectivity index (χ0v) is 11.4. The number of nitrogen functional groups attached to an aromatic ring is 1. The number of nitrogens with two attached hydrogens (primary N) is 1. The predicted octanol–water partition coefficient (Wildman–Crippen LogP) is 2.57. The number of anilines is 2. The monoisotopic (exact) mass is 306 g/mol. The van der Waals surface area contributed by atoms with Crippen LogP contribution in [0.4, 0.5) is 11.4 Å². The summed E-state index contributed by atoms with van der Waals surface area (Å²) >= 11 is 3.26. The second kappa shape index (κ2) is 5.54. The van der Waals surface area contributed by atoms with E-state index < -0.39 is 10.0 Å². The predicted molar refractivity (Wildman–Crippen MR) is 70.9 cm³/mol. The maximum Gasteiger partial charge on any atom is 0.232 e. The lowest BCUT2D eigenvalue weighted by atomic mass is 10.3. The average Bonchev–Trinajstić information content (AvgIpc) is 2.19. The summed E-state index contributed by atoms with van der Waals surface area (Å²) in [6.45, 7) is 1.95. The molecule has 0 fully saturated rings. The maximum atomic E-state index is 11.6. The van der Waals surface area contributed by atoms with Crippen LogP contribution in [0.3, 0.4) is 0 Å². The van der Waals surface area contributed by atoms with Crippen molar-refractivity contribution in [2.75, 3.05) is 16.2 Å². The summed E-state index contributed by atoms with van der Waals surface area (Å²) in [5, 5.41) is 0. The van der Waals surface area contributed by atoms with E-state index in [0.29, 0.717) is 22.3 Å². The van der Waals surface area contributed by atoms with Crippen LogP contribution in [0.5, 0.6) is 0 Å². The highest BCUT2D eigenvalue weighted by Crippen LogP contribution is 2.25. The first-order valence-electron chi connectivity index (χ1n) is 5.00. The van der Waals surface area contributed by atoms with Crippen molar-refractivity contribution < 1.29 is 8.42 Å². The molecule has 0 heterocycles. The molecule has 0 bridgehead atoms. The summed E-state index contributed by atoms with van der Waals surface area (Å²) in [6.07, 6.45) is 1.51. The van der Waals surface area contributed by atoms with Crippen LogP contribution < -0.4 is 10.5 Å². The molecule has 16 heavy (non-hydrogen) atoms. The van der Waals surface area contributed by atoms with Crippen LogP contribution in [0.15, 0.2) is 22.7 Å². The third kappa shape index (κ3) is 4.02. The van der Waals surface area contributed by atoms with Gasteiger partial charge in [0.2, 0.25) is 10.0 Å². The molecule has 0 aromatic heterocycles. The van der Waals surface area contributed by atoms with Crippen molar-refractivity contribution >= 4 is 37.3 Å². The molecule has 1 rings (SSSR count). The molecule has 0 aliphatic heterocycles. The van der Waals surface area contributed by atoms with E-state index in [2.05, 4.69) is 20.7 Å². The van der Waals surface area contributed by atoms with Gasteiger partial charge in [0.05, 0.1) is 11.4 Å². The molecule has 90 valence electrons. The maximum absolute atomic E-state index is 11.6. The normalized spacial score (nSPS) is 11.4. The second-order valence-corrected chi connectivity index (χ2v) is 6.21. The zero-order chi connectivity index (χ0) is 12.2. The summed E-state index contributed by atoms with van der Waals surface area (Å²) in [5.41, 5.74) is 6.67. The van der Waals surface area contributed by atoms with E-state index in [9.17, 15) is 8.42 Å². The molecule has 3 N–H and O–H groups in total. The van der Waals surface area contributed by atoms with Gasteiger partial charge in [-0.25, -0.2) is 8.42 Å². The highest BCUT2D eigenvalue weighted by atomic mass is 79.9. The number of unbranched alkanes of at least 4 members (excludes halogenated alkanes) is 1. The Morgan fingerprint density at radius 1 is 1.44 bits per heavy atom. The molecule has 1 aromatic carbocycles. The summed E-state index contributed by atoms with van der Waals surface area (Å²) in [6, 6.07) is 4.96. The number of sulfonamides is 1. The van der Waals surface area contributed by atoms with Crippen LogP contribution in [-0.4, -0.2) is 14.2 Å². The van der Waals surface area contributed by atoms with Gasteiger partial charge in [-0.3, -0.25) is 4.72 Å². The van der Waals surface area contributed by atoms with Gasteiger partial charge in [-0.05, 0) is 40.5 Å². The summed E-state index contributed by atoms with van der Waals surface area (Å²) in [4.78, 5) is 0. The molecule has 1 aromatic rings. The summed E-state index contributed by atoms with van der Waals surface area (Å²) in [7, 11) is -3.25. The van der Waals surface area contributed by atoms with Crippen molar-refractivity contribution in [3.8, 4) is 0 Å². The lowest BCUT2D eigenvalue weighted by Crippen LogP contribution is -2.16. The Morgan fingerprint density at radius 2 is 2.12 bits per heavy atom. The van der Waals surface area contributed by atoms with Gasteiger partial charge in [-0.2, -0.15) is 0 Å². The Labute approximate surface area is 104 Å². The minimum absolute atomic E-state index is 0.139. The Balaban J connectivity index is 2.80. The van der Waals surface area contributed by atoms with E-state index in [1.165, 1.54) is 0 Å². The van der Waals surface area contributed by atoms with Crippen LogP contribution >= 0.6 is 15.9 Å². The lowest BCUT2D eigenvalue weighted by Gasteiger charge is -2.09. The number of hydrogen-bond acceptors (Lipinski definition) is 3. The molecule has 0 aliphatic rings. The fourth-order valence-electron chi connectivity index (χ4n) is 1.17. The van der Waals surface area contributed by atoms with Crippen molar-refractivity contribution in [2.45, 2.75) is 19.8 Å². The van der Waals surface area contributed by atoms with Crippen molar-refractivity contribution in [1.82, 2.24) is 0 Å². The zero-order valence-electron chi connectivity index (χ0n) is 9.03. The van der Waals surface area contributed by atoms with Gasteiger partial charge >= 0.3 is 0 Å². The minimum Gasteiger partial charge on any atom is -0.399 e. The van der Waals surface area contributed by atoms with Gasteiger partial charge in [0.1, 0.15) is 0 Å². The van der Waals surface area contributed by atoms with Crippen molar-refractivity contribution in [3.63, 3.8) is 0 Å². The third-order valence-corrected chi connectivity index (χ3v) is 4.04. The largest absolute Gasteiger partial charge is 0.399 e. The number of rotatable bonds is 5. The molecular weight excluding hydrogens is 292 g/mol. The number of nitrogens with one attached hydrogen (secondary N) is 1. The van der Waals surface area contributed by atoms with E-state index in [0.717, 1.165) is 6.42 Å². The highest BCUT2D eigenvalue weighted by molar-refractivity contribution is 9.10. The van der Waals surface area contributed by atoms with Crippen LogP contribution in [0.1, 0.15) is 19.8 Å². The van der Waals surface area contributed by atoms with E-state index in [1.807, 2.05) is 6.92 Å². The first kappa shape index (κ1) is 13.3. The molecule has 4 nitrogen and oxygen atoms in total. The molecule has 0 radical (unpaired) electrons. The lowest BCUT2D eigenvalue weighted by molar-refractivity contribution is 0.598. The van der Waals surface area contributed by atoms with Crippen molar-refractivity contribution in [2.24, 2.45) is 0 Å². The molecule has 0 atom stereocenters. The topological polar surface area (TPSA) is 72.2 Å². The number of benzene rings is 1. The van der Waals surface area contributed by atoms with Crippen LogP contribution in [0, 0.1) is 0 Å². The Bertz CT molecular complexity index is 460. The van der Waals surface area contributed by atoms with E-state index >= 15 is 0 Å². The second-order valence-electron chi connectivity index (χ2n) is 3.51. The molecule has 0 saturated carbocycles. The molecule has 0 amide bonds. The van der Waals surface area contributed by atoms with Crippen LogP contribution in [0.2, 0.25) is 0 Å². The SMILES string of the molecule is CCCCS(=O)(=O)Nc1ccc(N)cc1Br. The molecule has 0 aliphatic carbocycles. The Kier molecular flexibility index (Phi) is 4.61. The fourth-order valence-corrected chi connectivity index (χ4v) is 3.08. The smallest absolute Gasteiger partial charge is 0.232 e. The molecule has 6 heteroatoms. The first-order chi connectivity index (χ1) is 7.44. The fraction of sp³-hybridized carbons (Fsp3) is 0.400. The van der Waals surface area contributed by atoms with Crippen LogP contribution in [-0.2, 0) is 10.0 Å². The summed E-state index contributed by atoms with van der Waals surface area (Å²) in [5.74, 6) is 0.139. The van der Waals surface area contributed by atoms with Crippen molar-refractivity contribution in [1.29, 1.82) is 0 Å². The van der Waals surface area contributed by atoms with Crippen molar-refractivity contribution in [3.05, 3.63) is 22.7 Å². The molecule has 0 unspecified atom stereocenters. The van der Waals surface area contributed by atoms with Gasteiger partial charge in [0.15, 0.2) is 0 Å². The van der Waals surface area contributed by atoms with Gasteiger partial charge in [0, 0.05) is 10.2 Å². The Morgan fingerprint density at radius 3 is 2.69 bits per heavy atom. The van der Waals surface area contributed by atoms with Crippen LogP contribution in [0.25, 0.3) is 0 Å². The van der Waals surface area contributed by atoms with E-state index in [1.54, 1.807) is 18.2 Å². The van der Waals surface area contributed by atoms with Gasteiger partial charge < -0.3 is 5.73 Å². The van der Waals surface area contributed by atoms with E-state index in [4.69, 9.17) is 5.73 Å².